The van der Waals surface area contributed by atoms with Gasteiger partial charge in [0.2, 0.25) is 0 Å². The third-order valence-electron chi connectivity index (χ3n) is 2.41. The van der Waals surface area contributed by atoms with Crippen LogP contribution in [0.25, 0.3) is 11.5 Å². The van der Waals surface area contributed by atoms with Crippen molar-refractivity contribution in [1.82, 2.24) is 10.1 Å². The van der Waals surface area contributed by atoms with Gasteiger partial charge in [-0.2, -0.15) is 4.98 Å². The van der Waals surface area contributed by atoms with E-state index in [1.807, 2.05) is 18.2 Å². The summed E-state index contributed by atoms with van der Waals surface area (Å²) in [5.41, 5.74) is 8.65. The first kappa shape index (κ1) is 8.43. The number of nitrogens with zero attached hydrogens (tertiary/aromatic N) is 2. The van der Waals surface area contributed by atoms with Crippen molar-refractivity contribution in [1.29, 1.82) is 0 Å². The molecule has 15 heavy (non-hydrogen) atoms. The Morgan fingerprint density at radius 3 is 2.87 bits per heavy atom. The van der Waals surface area contributed by atoms with E-state index >= 15 is 0 Å². The number of rotatable bonds is 1. The average Bonchev–Trinajstić information content (AvgIpc) is 2.84. The molecular formula is C10H9N3O2. The Hall–Kier alpha value is -1.88. The van der Waals surface area contributed by atoms with Crippen molar-refractivity contribution in [3.05, 3.63) is 29.3 Å². The fourth-order valence-electron chi connectivity index (χ4n) is 1.66. The van der Waals surface area contributed by atoms with Gasteiger partial charge in [-0.1, -0.05) is 6.07 Å². The summed E-state index contributed by atoms with van der Waals surface area (Å²) in [5.74, 6) is 0.601. The molecule has 0 bridgehead atoms. The minimum absolute atomic E-state index is 0.154. The van der Waals surface area contributed by atoms with Gasteiger partial charge in [-0.3, -0.25) is 0 Å². The van der Waals surface area contributed by atoms with Crippen LogP contribution in [0.3, 0.4) is 0 Å². The zero-order valence-corrected chi connectivity index (χ0v) is 7.93. The number of ether oxygens (including phenoxy) is 1. The van der Waals surface area contributed by atoms with Crippen molar-refractivity contribution >= 4 is 5.95 Å². The molecule has 0 aliphatic carbocycles. The van der Waals surface area contributed by atoms with Crippen LogP contribution in [-0.4, -0.2) is 10.1 Å². The van der Waals surface area contributed by atoms with Crippen molar-refractivity contribution in [2.75, 3.05) is 5.73 Å². The topological polar surface area (TPSA) is 74.2 Å². The van der Waals surface area contributed by atoms with Gasteiger partial charge in [0.15, 0.2) is 0 Å². The summed E-state index contributed by atoms with van der Waals surface area (Å²) < 4.78 is 10.3. The number of hydrogen-bond acceptors (Lipinski definition) is 5. The predicted molar refractivity (Wildman–Crippen MR) is 52.6 cm³/mol. The van der Waals surface area contributed by atoms with Crippen LogP contribution >= 0.6 is 0 Å². The van der Waals surface area contributed by atoms with Crippen molar-refractivity contribution in [3.8, 4) is 11.5 Å². The number of anilines is 1. The molecule has 2 N–H and O–H groups in total. The highest BCUT2D eigenvalue weighted by Crippen LogP contribution is 2.26. The standard InChI is InChI=1S/C10H9N3O2/c11-10-12-9(15-13-10)6-1-2-7-4-14-5-8(7)3-6/h1-3H,4-5H2,(H2,11,13). The van der Waals surface area contributed by atoms with Crippen LogP contribution in [-0.2, 0) is 18.0 Å². The van der Waals surface area contributed by atoms with Crippen LogP contribution in [0.5, 0.6) is 0 Å². The zero-order chi connectivity index (χ0) is 10.3. The maximum absolute atomic E-state index is 5.39. The van der Waals surface area contributed by atoms with E-state index in [2.05, 4.69) is 10.1 Å². The second-order valence-corrected chi connectivity index (χ2v) is 3.43. The van der Waals surface area contributed by atoms with E-state index in [0.29, 0.717) is 19.1 Å². The molecule has 76 valence electrons. The van der Waals surface area contributed by atoms with E-state index in [0.717, 1.165) is 5.56 Å². The summed E-state index contributed by atoms with van der Waals surface area (Å²) in [4.78, 5) is 3.97. The van der Waals surface area contributed by atoms with Crippen molar-refractivity contribution in [3.63, 3.8) is 0 Å². The molecular weight excluding hydrogens is 194 g/mol. The molecule has 0 saturated heterocycles. The first-order valence-corrected chi connectivity index (χ1v) is 4.62. The van der Waals surface area contributed by atoms with E-state index in [1.165, 1.54) is 11.1 Å². The summed E-state index contributed by atoms with van der Waals surface area (Å²) in [5, 5.41) is 3.55. The predicted octanol–water partition coefficient (Wildman–Crippen LogP) is 1.35. The van der Waals surface area contributed by atoms with Gasteiger partial charge in [0, 0.05) is 5.56 Å². The summed E-state index contributed by atoms with van der Waals surface area (Å²) in [6.45, 7) is 1.33. The second-order valence-electron chi connectivity index (χ2n) is 3.43. The fourth-order valence-corrected chi connectivity index (χ4v) is 1.66. The summed E-state index contributed by atoms with van der Waals surface area (Å²) in [6.07, 6.45) is 0. The Kier molecular flexibility index (Phi) is 1.72. The molecule has 2 heterocycles. The molecule has 5 heteroatoms. The molecule has 0 unspecified atom stereocenters. The highest BCUT2D eigenvalue weighted by atomic mass is 16.5. The lowest BCUT2D eigenvalue weighted by molar-refractivity contribution is 0.134. The molecule has 3 rings (SSSR count). The fraction of sp³-hybridized carbons (Fsp3) is 0.200. The zero-order valence-electron chi connectivity index (χ0n) is 7.93. The minimum Gasteiger partial charge on any atom is -0.372 e. The van der Waals surface area contributed by atoms with Crippen LogP contribution < -0.4 is 5.73 Å². The maximum atomic E-state index is 5.39. The van der Waals surface area contributed by atoms with E-state index in [1.54, 1.807) is 0 Å². The number of benzene rings is 1. The third kappa shape index (κ3) is 1.37. The number of nitrogens with two attached hydrogens (primary N) is 1. The second kappa shape index (κ2) is 3.06. The molecule has 1 aromatic carbocycles. The molecule has 5 nitrogen and oxygen atoms in total. The van der Waals surface area contributed by atoms with Crippen molar-refractivity contribution < 1.29 is 9.26 Å². The number of nitrogen functional groups attached to an aromatic ring is 1. The van der Waals surface area contributed by atoms with E-state index in [9.17, 15) is 0 Å². The van der Waals surface area contributed by atoms with Crippen LogP contribution in [0.2, 0.25) is 0 Å². The molecule has 1 aliphatic rings. The van der Waals surface area contributed by atoms with E-state index < -0.39 is 0 Å². The normalized spacial score (nSPS) is 14.1. The largest absolute Gasteiger partial charge is 0.372 e. The van der Waals surface area contributed by atoms with Gasteiger partial charge in [0.1, 0.15) is 0 Å². The lowest BCUT2D eigenvalue weighted by Crippen LogP contribution is -1.87. The quantitative estimate of drug-likeness (QED) is 0.757. The van der Waals surface area contributed by atoms with Crippen LogP contribution in [0.4, 0.5) is 5.95 Å². The Bertz CT molecular complexity index is 507. The number of fused-ring (bicyclic) bond motifs is 1. The summed E-state index contributed by atoms with van der Waals surface area (Å²) in [7, 11) is 0. The average molecular weight is 203 g/mol. The van der Waals surface area contributed by atoms with Crippen molar-refractivity contribution in [2.24, 2.45) is 0 Å². The lowest BCUT2D eigenvalue weighted by atomic mass is 10.1. The Morgan fingerprint density at radius 2 is 2.07 bits per heavy atom. The third-order valence-corrected chi connectivity index (χ3v) is 2.41. The maximum Gasteiger partial charge on any atom is 0.261 e. The smallest absolute Gasteiger partial charge is 0.261 e. The van der Waals surface area contributed by atoms with Gasteiger partial charge in [-0.05, 0) is 28.4 Å². The molecule has 0 radical (unpaired) electrons. The molecule has 1 aromatic heterocycles. The molecule has 1 aliphatic heterocycles. The van der Waals surface area contributed by atoms with Crippen LogP contribution in [0.15, 0.2) is 22.7 Å². The Labute approximate surface area is 85.9 Å². The summed E-state index contributed by atoms with van der Waals surface area (Å²) in [6, 6.07) is 5.94. The molecule has 0 saturated carbocycles. The molecule has 0 amide bonds. The first-order valence-electron chi connectivity index (χ1n) is 4.62. The number of aromatic nitrogens is 2. The number of hydrogen-bond donors (Lipinski definition) is 1. The molecule has 0 atom stereocenters. The van der Waals surface area contributed by atoms with Gasteiger partial charge in [-0.15, -0.1) is 0 Å². The molecule has 0 spiro atoms. The lowest BCUT2D eigenvalue weighted by Gasteiger charge is -1.98. The van der Waals surface area contributed by atoms with E-state index in [4.69, 9.17) is 15.0 Å². The molecule has 0 fully saturated rings. The highest BCUT2D eigenvalue weighted by Gasteiger charge is 2.14. The van der Waals surface area contributed by atoms with Gasteiger partial charge in [0.25, 0.3) is 11.8 Å². The van der Waals surface area contributed by atoms with E-state index in [-0.39, 0.29) is 5.95 Å². The monoisotopic (exact) mass is 203 g/mol. The first-order chi connectivity index (χ1) is 7.33. The van der Waals surface area contributed by atoms with Crippen LogP contribution in [0.1, 0.15) is 11.1 Å². The Balaban J connectivity index is 2.06. The highest BCUT2D eigenvalue weighted by molar-refractivity contribution is 5.56. The van der Waals surface area contributed by atoms with Crippen LogP contribution in [0, 0.1) is 0 Å². The van der Waals surface area contributed by atoms with Gasteiger partial charge in [-0.25, -0.2) is 0 Å². The minimum atomic E-state index is 0.154. The molecule has 2 aromatic rings. The van der Waals surface area contributed by atoms with Crippen molar-refractivity contribution in [2.45, 2.75) is 13.2 Å². The SMILES string of the molecule is Nc1noc(-c2ccc3c(c2)COC3)n1. The Morgan fingerprint density at radius 1 is 1.20 bits per heavy atom. The summed E-state index contributed by atoms with van der Waals surface area (Å²) >= 11 is 0. The van der Waals surface area contributed by atoms with Gasteiger partial charge in [0.05, 0.1) is 13.2 Å². The van der Waals surface area contributed by atoms with Gasteiger partial charge < -0.3 is 15.0 Å². The van der Waals surface area contributed by atoms with Gasteiger partial charge >= 0.3 is 0 Å².